The van der Waals surface area contributed by atoms with Crippen molar-refractivity contribution in [2.75, 3.05) is 0 Å². The van der Waals surface area contributed by atoms with E-state index < -0.39 is 0 Å². The van der Waals surface area contributed by atoms with Crippen molar-refractivity contribution in [3.05, 3.63) is 33.8 Å². The standard InChI is InChI=1S/C13H17Cl2N/c1-2-3-10-8-13(10,16)7-9-4-5-11(14)6-12(9)15/h4-6,10H,2-3,7-8,16H2,1H3. The fourth-order valence-electron chi connectivity index (χ4n) is 2.37. The van der Waals surface area contributed by atoms with Crippen LogP contribution in [0.2, 0.25) is 10.0 Å². The van der Waals surface area contributed by atoms with Gasteiger partial charge in [0, 0.05) is 15.6 Å². The van der Waals surface area contributed by atoms with E-state index in [0.29, 0.717) is 10.9 Å². The molecule has 0 saturated heterocycles. The van der Waals surface area contributed by atoms with Gasteiger partial charge in [-0.3, -0.25) is 0 Å². The zero-order valence-electron chi connectivity index (χ0n) is 9.47. The Morgan fingerprint density at radius 3 is 2.81 bits per heavy atom. The zero-order valence-corrected chi connectivity index (χ0v) is 11.0. The zero-order chi connectivity index (χ0) is 11.8. The molecule has 16 heavy (non-hydrogen) atoms. The third-order valence-electron chi connectivity index (χ3n) is 3.45. The molecule has 88 valence electrons. The Morgan fingerprint density at radius 2 is 2.19 bits per heavy atom. The van der Waals surface area contributed by atoms with E-state index in [9.17, 15) is 0 Å². The molecule has 3 heteroatoms. The Bertz CT molecular complexity index is 392. The lowest BCUT2D eigenvalue weighted by molar-refractivity contribution is 0.556. The van der Waals surface area contributed by atoms with Gasteiger partial charge in [-0.25, -0.2) is 0 Å². The van der Waals surface area contributed by atoms with Gasteiger partial charge in [-0.2, -0.15) is 0 Å². The van der Waals surface area contributed by atoms with E-state index in [2.05, 4.69) is 6.92 Å². The quantitative estimate of drug-likeness (QED) is 0.866. The molecule has 2 N–H and O–H groups in total. The van der Waals surface area contributed by atoms with Crippen LogP contribution in [0.1, 0.15) is 31.7 Å². The van der Waals surface area contributed by atoms with Crippen LogP contribution in [0.25, 0.3) is 0 Å². The van der Waals surface area contributed by atoms with Gasteiger partial charge in [0.15, 0.2) is 0 Å². The molecule has 0 bridgehead atoms. The number of nitrogens with two attached hydrogens (primary N) is 1. The van der Waals surface area contributed by atoms with Crippen molar-refractivity contribution >= 4 is 23.2 Å². The molecule has 0 heterocycles. The van der Waals surface area contributed by atoms with Crippen molar-refractivity contribution in [2.24, 2.45) is 11.7 Å². The molecule has 2 atom stereocenters. The first-order chi connectivity index (χ1) is 7.55. The first kappa shape index (κ1) is 12.2. The van der Waals surface area contributed by atoms with E-state index >= 15 is 0 Å². The Balaban J connectivity index is 2.05. The molecule has 1 aliphatic carbocycles. The fraction of sp³-hybridized carbons (Fsp3) is 0.538. The van der Waals surface area contributed by atoms with E-state index in [4.69, 9.17) is 28.9 Å². The number of halogens is 2. The summed E-state index contributed by atoms with van der Waals surface area (Å²) in [5, 5.41) is 1.42. The Morgan fingerprint density at radius 1 is 1.44 bits per heavy atom. The average molecular weight is 258 g/mol. The molecule has 0 aliphatic heterocycles. The summed E-state index contributed by atoms with van der Waals surface area (Å²) >= 11 is 12.0. The molecular formula is C13H17Cl2N. The summed E-state index contributed by atoms with van der Waals surface area (Å²) < 4.78 is 0. The maximum absolute atomic E-state index is 6.32. The lowest BCUT2D eigenvalue weighted by Gasteiger charge is -2.13. The van der Waals surface area contributed by atoms with Gasteiger partial charge in [-0.05, 0) is 42.9 Å². The van der Waals surface area contributed by atoms with Gasteiger partial charge >= 0.3 is 0 Å². The largest absolute Gasteiger partial charge is 0.325 e. The van der Waals surface area contributed by atoms with Crippen molar-refractivity contribution in [1.82, 2.24) is 0 Å². The minimum atomic E-state index is -0.0204. The third kappa shape index (κ3) is 2.53. The second-order valence-electron chi connectivity index (χ2n) is 4.84. The molecule has 0 radical (unpaired) electrons. The summed E-state index contributed by atoms with van der Waals surface area (Å²) in [4.78, 5) is 0. The maximum atomic E-state index is 6.32. The van der Waals surface area contributed by atoms with Crippen LogP contribution in [0.4, 0.5) is 0 Å². The topological polar surface area (TPSA) is 26.0 Å². The van der Waals surface area contributed by atoms with Gasteiger partial charge < -0.3 is 5.73 Å². The van der Waals surface area contributed by atoms with Gasteiger partial charge in [0.05, 0.1) is 0 Å². The molecule has 0 aromatic heterocycles. The number of rotatable bonds is 4. The Labute approximate surface area is 107 Å². The molecule has 1 fully saturated rings. The highest BCUT2D eigenvalue weighted by atomic mass is 35.5. The van der Waals surface area contributed by atoms with Gasteiger partial charge in [0.1, 0.15) is 0 Å². The predicted molar refractivity (Wildman–Crippen MR) is 70.1 cm³/mol. The molecule has 1 aromatic rings. The Kier molecular flexibility index (Phi) is 3.48. The number of benzene rings is 1. The highest BCUT2D eigenvalue weighted by Gasteiger charge is 2.49. The first-order valence-corrected chi connectivity index (χ1v) is 6.53. The van der Waals surface area contributed by atoms with Crippen LogP contribution in [0.3, 0.4) is 0 Å². The maximum Gasteiger partial charge on any atom is 0.0453 e. The first-order valence-electron chi connectivity index (χ1n) is 5.78. The lowest BCUT2D eigenvalue weighted by Crippen LogP contribution is -2.28. The molecule has 1 aromatic carbocycles. The van der Waals surface area contributed by atoms with Crippen LogP contribution in [0.15, 0.2) is 18.2 Å². The van der Waals surface area contributed by atoms with E-state index in [1.54, 1.807) is 6.07 Å². The van der Waals surface area contributed by atoms with Crippen molar-refractivity contribution < 1.29 is 0 Å². The van der Waals surface area contributed by atoms with Crippen molar-refractivity contribution in [3.63, 3.8) is 0 Å². The summed E-state index contributed by atoms with van der Waals surface area (Å²) in [6, 6.07) is 5.66. The summed E-state index contributed by atoms with van der Waals surface area (Å²) in [5.74, 6) is 0.671. The lowest BCUT2D eigenvalue weighted by atomic mass is 10.0. The van der Waals surface area contributed by atoms with Gasteiger partial charge in [-0.1, -0.05) is 42.6 Å². The number of hydrogen-bond acceptors (Lipinski definition) is 1. The molecule has 1 saturated carbocycles. The number of hydrogen-bond donors (Lipinski definition) is 1. The van der Waals surface area contributed by atoms with Crippen molar-refractivity contribution in [3.8, 4) is 0 Å². The minimum Gasteiger partial charge on any atom is -0.325 e. The highest BCUT2D eigenvalue weighted by molar-refractivity contribution is 6.35. The molecule has 0 spiro atoms. The highest BCUT2D eigenvalue weighted by Crippen LogP contribution is 2.47. The van der Waals surface area contributed by atoms with Gasteiger partial charge in [-0.15, -0.1) is 0 Å². The smallest absolute Gasteiger partial charge is 0.0453 e. The van der Waals surface area contributed by atoms with Crippen LogP contribution in [-0.4, -0.2) is 5.54 Å². The molecular weight excluding hydrogens is 241 g/mol. The van der Waals surface area contributed by atoms with E-state index in [-0.39, 0.29) is 5.54 Å². The summed E-state index contributed by atoms with van der Waals surface area (Å²) in [5.41, 5.74) is 7.42. The van der Waals surface area contributed by atoms with Crippen LogP contribution >= 0.6 is 23.2 Å². The van der Waals surface area contributed by atoms with E-state index in [1.807, 2.05) is 12.1 Å². The second kappa shape index (κ2) is 4.56. The van der Waals surface area contributed by atoms with E-state index in [0.717, 1.165) is 23.4 Å². The summed E-state index contributed by atoms with van der Waals surface area (Å²) in [6.45, 7) is 2.20. The van der Waals surface area contributed by atoms with Crippen LogP contribution in [0, 0.1) is 5.92 Å². The Hall–Kier alpha value is -0.240. The normalized spacial score (nSPS) is 28.1. The molecule has 2 rings (SSSR count). The average Bonchev–Trinajstić information content (AvgIpc) is 2.83. The molecule has 0 amide bonds. The van der Waals surface area contributed by atoms with Crippen LogP contribution < -0.4 is 5.73 Å². The van der Waals surface area contributed by atoms with Gasteiger partial charge in [0.25, 0.3) is 0 Å². The molecule has 1 aliphatic rings. The van der Waals surface area contributed by atoms with Crippen molar-refractivity contribution in [1.29, 1.82) is 0 Å². The SMILES string of the molecule is CCCC1CC1(N)Cc1ccc(Cl)cc1Cl. The summed E-state index contributed by atoms with van der Waals surface area (Å²) in [6.07, 6.45) is 4.42. The molecule has 1 nitrogen and oxygen atoms in total. The van der Waals surface area contributed by atoms with E-state index in [1.165, 1.54) is 12.8 Å². The predicted octanol–water partition coefficient (Wildman–Crippen LogP) is 4.05. The third-order valence-corrected chi connectivity index (χ3v) is 4.04. The summed E-state index contributed by atoms with van der Waals surface area (Å²) in [7, 11) is 0. The monoisotopic (exact) mass is 257 g/mol. The minimum absolute atomic E-state index is 0.0204. The molecule has 2 unspecified atom stereocenters. The fourth-order valence-corrected chi connectivity index (χ4v) is 2.85. The van der Waals surface area contributed by atoms with Crippen LogP contribution in [0.5, 0.6) is 0 Å². The van der Waals surface area contributed by atoms with Crippen LogP contribution in [-0.2, 0) is 6.42 Å². The van der Waals surface area contributed by atoms with Gasteiger partial charge in [0.2, 0.25) is 0 Å². The van der Waals surface area contributed by atoms with Crippen molar-refractivity contribution in [2.45, 2.75) is 38.1 Å². The second-order valence-corrected chi connectivity index (χ2v) is 5.68.